The maximum Gasteiger partial charge on any atom is 0.350 e. The Labute approximate surface area is 245 Å². The molecule has 1 aliphatic heterocycles. The molecule has 1 fully saturated rings. The minimum Gasteiger partial charge on any atom is -0.476 e. The summed E-state index contributed by atoms with van der Waals surface area (Å²) in [5, 5.41) is 0. The first-order valence-corrected chi connectivity index (χ1v) is 14.7. The molecule has 1 heterocycles. The van der Waals surface area contributed by atoms with E-state index in [0.717, 1.165) is 54.9 Å². The number of Topliss-reactive ketones (excluding diaryl/α,β-unsaturated/α-hetero) is 1. The molecular weight excluding hydrogens is 510 g/mol. The third kappa shape index (κ3) is 8.07. The average Bonchev–Trinajstić information content (AvgIpc) is 3.31. The maximum absolute atomic E-state index is 13.6. The Balaban J connectivity index is 1.47. The Kier molecular flexibility index (Phi) is 9.38. The predicted octanol–water partition coefficient (Wildman–Crippen LogP) is 7.37. The molecule has 2 atom stereocenters. The second-order valence-corrected chi connectivity index (χ2v) is 13.0. The highest BCUT2D eigenvalue weighted by atomic mass is 16.6. The van der Waals surface area contributed by atoms with Crippen LogP contribution in [0.5, 0.6) is 5.75 Å². The molecule has 41 heavy (non-hydrogen) atoms. The molecule has 0 N–H and O–H groups in total. The molecule has 0 saturated carbocycles. The van der Waals surface area contributed by atoms with Crippen LogP contribution in [0, 0.1) is 25.7 Å². The van der Waals surface area contributed by atoms with Crippen molar-refractivity contribution in [3.63, 3.8) is 0 Å². The Morgan fingerprint density at radius 1 is 0.829 bits per heavy atom. The number of aryl methyl sites for hydroxylation is 3. The second kappa shape index (κ2) is 12.6. The Morgan fingerprint density at radius 2 is 1.41 bits per heavy atom. The quantitative estimate of drug-likeness (QED) is 0.193. The van der Waals surface area contributed by atoms with Gasteiger partial charge in [0.2, 0.25) is 0 Å². The molecule has 5 heteroatoms. The van der Waals surface area contributed by atoms with E-state index in [0.29, 0.717) is 0 Å². The van der Waals surface area contributed by atoms with E-state index in [4.69, 9.17) is 9.47 Å². The molecule has 5 nitrogen and oxygen atoms in total. The van der Waals surface area contributed by atoms with E-state index in [-0.39, 0.29) is 23.6 Å². The standard InChI is InChI=1S/C36H45NO4/c1-25-20-28(21-26(2)33(25)40-36(6,7)34(39)41-35(3,4)5)18-19-30-23-37(22-27-14-10-8-11-15-27)24-31(30)32(38)29-16-12-9-13-17-29/h8-17,20-21,30-31H,18-19,22-24H2,1-7H3/t30-,31?/m0/s1. The van der Waals surface area contributed by atoms with Crippen LogP contribution < -0.4 is 4.74 Å². The number of carbonyl (C=O) groups is 2. The fourth-order valence-electron chi connectivity index (χ4n) is 5.73. The van der Waals surface area contributed by atoms with Crippen LogP contribution in [0.3, 0.4) is 0 Å². The Hall–Kier alpha value is -3.44. The van der Waals surface area contributed by atoms with Gasteiger partial charge in [0.1, 0.15) is 11.4 Å². The SMILES string of the molecule is Cc1cc(CC[C@H]2CN(Cc3ccccc3)CC2C(=O)c2ccccc2)cc(C)c1OC(C)(C)C(=O)OC(C)(C)C. The number of benzene rings is 3. The highest BCUT2D eigenvalue weighted by Gasteiger charge is 2.38. The van der Waals surface area contributed by atoms with Crippen LogP contribution in [0.4, 0.5) is 0 Å². The third-order valence-electron chi connectivity index (χ3n) is 7.73. The molecule has 0 aromatic heterocycles. The molecular formula is C36H45NO4. The summed E-state index contributed by atoms with van der Waals surface area (Å²) >= 11 is 0. The van der Waals surface area contributed by atoms with E-state index in [1.165, 1.54) is 11.1 Å². The van der Waals surface area contributed by atoms with Gasteiger partial charge in [-0.3, -0.25) is 9.69 Å². The fraction of sp³-hybridized carbons (Fsp3) is 0.444. The lowest BCUT2D eigenvalue weighted by Gasteiger charge is -2.30. The van der Waals surface area contributed by atoms with Crippen LogP contribution in [0.25, 0.3) is 0 Å². The number of hydrogen-bond acceptors (Lipinski definition) is 5. The van der Waals surface area contributed by atoms with Crippen LogP contribution in [0.2, 0.25) is 0 Å². The van der Waals surface area contributed by atoms with Gasteiger partial charge in [0.25, 0.3) is 0 Å². The summed E-state index contributed by atoms with van der Waals surface area (Å²) in [7, 11) is 0. The zero-order chi connectivity index (χ0) is 29.8. The van der Waals surface area contributed by atoms with Crippen LogP contribution in [0.1, 0.15) is 73.7 Å². The van der Waals surface area contributed by atoms with Crippen LogP contribution >= 0.6 is 0 Å². The second-order valence-electron chi connectivity index (χ2n) is 13.0. The summed E-state index contributed by atoms with van der Waals surface area (Å²) in [6.07, 6.45) is 1.80. The van der Waals surface area contributed by atoms with Gasteiger partial charge in [-0.1, -0.05) is 72.8 Å². The molecule has 3 aromatic carbocycles. The molecule has 0 amide bonds. The number of esters is 1. The summed E-state index contributed by atoms with van der Waals surface area (Å²) in [5.41, 5.74) is 3.58. The van der Waals surface area contributed by atoms with E-state index in [1.807, 2.05) is 71.0 Å². The third-order valence-corrected chi connectivity index (χ3v) is 7.73. The molecule has 0 radical (unpaired) electrons. The van der Waals surface area contributed by atoms with Crippen molar-refractivity contribution in [1.29, 1.82) is 0 Å². The minimum atomic E-state index is -1.11. The molecule has 218 valence electrons. The van der Waals surface area contributed by atoms with Crippen molar-refractivity contribution < 1.29 is 19.1 Å². The van der Waals surface area contributed by atoms with Crippen molar-refractivity contribution in [1.82, 2.24) is 4.90 Å². The topological polar surface area (TPSA) is 55.8 Å². The van der Waals surface area contributed by atoms with Crippen molar-refractivity contribution in [3.8, 4) is 5.75 Å². The number of hydrogen-bond donors (Lipinski definition) is 0. The van der Waals surface area contributed by atoms with Crippen molar-refractivity contribution in [3.05, 3.63) is 101 Å². The number of ether oxygens (including phenoxy) is 2. The monoisotopic (exact) mass is 555 g/mol. The highest BCUT2D eigenvalue weighted by molar-refractivity contribution is 5.98. The van der Waals surface area contributed by atoms with Crippen molar-refractivity contribution >= 4 is 11.8 Å². The number of carbonyl (C=O) groups excluding carboxylic acids is 2. The average molecular weight is 556 g/mol. The first kappa shape index (κ1) is 30.5. The van der Waals surface area contributed by atoms with E-state index in [2.05, 4.69) is 41.3 Å². The number of ketones is 1. The van der Waals surface area contributed by atoms with Gasteiger partial charge in [-0.05, 0) is 89.5 Å². The predicted molar refractivity (Wildman–Crippen MR) is 164 cm³/mol. The van der Waals surface area contributed by atoms with Gasteiger partial charge in [-0.25, -0.2) is 4.79 Å². The number of likely N-dealkylation sites (tertiary alicyclic amines) is 1. The number of rotatable bonds is 10. The smallest absolute Gasteiger partial charge is 0.350 e. The molecule has 0 spiro atoms. The molecule has 3 aromatic rings. The lowest BCUT2D eigenvalue weighted by molar-refractivity contribution is -0.171. The summed E-state index contributed by atoms with van der Waals surface area (Å²) in [6.45, 7) is 15.6. The van der Waals surface area contributed by atoms with Crippen LogP contribution in [0.15, 0.2) is 72.8 Å². The van der Waals surface area contributed by atoms with Crippen molar-refractivity contribution in [2.75, 3.05) is 13.1 Å². The Bertz CT molecular complexity index is 1320. The molecule has 4 rings (SSSR count). The summed E-state index contributed by atoms with van der Waals surface area (Å²) in [4.78, 5) is 28.8. The summed E-state index contributed by atoms with van der Waals surface area (Å²) < 4.78 is 11.8. The molecule has 1 unspecified atom stereocenters. The molecule has 0 aliphatic carbocycles. The van der Waals surface area contributed by atoms with E-state index in [9.17, 15) is 9.59 Å². The van der Waals surface area contributed by atoms with Gasteiger partial charge < -0.3 is 9.47 Å². The van der Waals surface area contributed by atoms with Crippen molar-refractivity contribution in [2.24, 2.45) is 11.8 Å². The van der Waals surface area contributed by atoms with Gasteiger partial charge in [-0.15, -0.1) is 0 Å². The highest BCUT2D eigenvalue weighted by Crippen LogP contribution is 2.34. The molecule has 1 saturated heterocycles. The van der Waals surface area contributed by atoms with Gasteiger partial charge in [0.05, 0.1) is 0 Å². The van der Waals surface area contributed by atoms with Crippen molar-refractivity contribution in [2.45, 2.75) is 79.1 Å². The Morgan fingerprint density at radius 3 is 2.00 bits per heavy atom. The number of nitrogens with zero attached hydrogens (tertiary/aromatic N) is 1. The first-order valence-electron chi connectivity index (χ1n) is 14.7. The summed E-state index contributed by atoms with van der Waals surface area (Å²) in [6, 6.07) is 24.5. The van der Waals surface area contributed by atoms with Crippen LogP contribution in [-0.4, -0.2) is 40.9 Å². The van der Waals surface area contributed by atoms with Gasteiger partial charge in [0, 0.05) is 31.1 Å². The van der Waals surface area contributed by atoms with E-state index < -0.39 is 11.2 Å². The largest absolute Gasteiger partial charge is 0.476 e. The van der Waals surface area contributed by atoms with Crippen LogP contribution in [-0.2, 0) is 22.5 Å². The maximum atomic E-state index is 13.6. The zero-order valence-electron chi connectivity index (χ0n) is 25.7. The fourth-order valence-corrected chi connectivity index (χ4v) is 5.73. The van der Waals surface area contributed by atoms with Gasteiger partial charge in [0.15, 0.2) is 11.4 Å². The zero-order valence-corrected chi connectivity index (χ0v) is 25.7. The van der Waals surface area contributed by atoms with Gasteiger partial charge >= 0.3 is 5.97 Å². The molecule has 1 aliphatic rings. The molecule has 0 bridgehead atoms. The van der Waals surface area contributed by atoms with Gasteiger partial charge in [-0.2, -0.15) is 0 Å². The first-order chi connectivity index (χ1) is 19.3. The lowest BCUT2D eigenvalue weighted by atomic mass is 9.84. The normalized spacial score (nSPS) is 17.8. The minimum absolute atomic E-state index is 0.0273. The summed E-state index contributed by atoms with van der Waals surface area (Å²) in [5.74, 6) is 0.821. The van der Waals surface area contributed by atoms with E-state index in [1.54, 1.807) is 13.8 Å². The van der Waals surface area contributed by atoms with E-state index >= 15 is 0 Å². The lowest BCUT2D eigenvalue weighted by Crippen LogP contribution is -2.43.